The third-order valence-corrected chi connectivity index (χ3v) is 6.24. The van der Waals surface area contributed by atoms with Crippen molar-refractivity contribution < 1.29 is 14.2 Å². The highest BCUT2D eigenvalue weighted by Gasteiger charge is 2.36. The van der Waals surface area contributed by atoms with Gasteiger partial charge in [-0.15, -0.1) is 0 Å². The second kappa shape index (κ2) is 12.5. The molecule has 0 saturated carbocycles. The average molecular weight is 438 g/mol. The predicted octanol–water partition coefficient (Wildman–Crippen LogP) is 3.39. The van der Waals surface area contributed by atoms with E-state index in [0.29, 0.717) is 12.5 Å². The van der Waals surface area contributed by atoms with Crippen LogP contribution in [0, 0.1) is 5.92 Å². The molecule has 0 amide bonds. The predicted molar refractivity (Wildman–Crippen MR) is 122 cm³/mol. The zero-order valence-corrected chi connectivity index (χ0v) is 18.9. The summed E-state index contributed by atoms with van der Waals surface area (Å²) in [6, 6.07) is 8.15. The molecule has 0 bridgehead atoms. The van der Waals surface area contributed by atoms with Gasteiger partial charge in [-0.2, -0.15) is 0 Å². The molecule has 0 aromatic heterocycles. The van der Waals surface area contributed by atoms with Crippen molar-refractivity contribution in [1.82, 2.24) is 10.6 Å². The minimum absolute atomic E-state index is 0.0780. The molecule has 1 aromatic carbocycles. The highest BCUT2D eigenvalue weighted by atomic mass is 35.5. The fourth-order valence-electron chi connectivity index (χ4n) is 4.08. The smallest absolute Gasteiger partial charge is 0.191 e. The molecule has 30 heavy (non-hydrogen) atoms. The van der Waals surface area contributed by atoms with Gasteiger partial charge in [-0.05, 0) is 44.2 Å². The van der Waals surface area contributed by atoms with Gasteiger partial charge in [-0.1, -0.05) is 29.8 Å². The number of hydrogen-bond donors (Lipinski definition) is 2. The Balaban J connectivity index is 1.51. The van der Waals surface area contributed by atoms with E-state index in [-0.39, 0.29) is 5.41 Å². The van der Waals surface area contributed by atoms with E-state index in [1.54, 1.807) is 0 Å². The van der Waals surface area contributed by atoms with Crippen LogP contribution in [0.5, 0.6) is 0 Å². The van der Waals surface area contributed by atoms with E-state index < -0.39 is 0 Å². The van der Waals surface area contributed by atoms with Gasteiger partial charge in [0, 0.05) is 55.9 Å². The van der Waals surface area contributed by atoms with E-state index in [1.165, 1.54) is 5.56 Å². The first-order chi connectivity index (χ1) is 14.7. The maximum absolute atomic E-state index is 6.56. The molecule has 0 spiro atoms. The maximum Gasteiger partial charge on any atom is 0.191 e. The standard InChI is InChI=1S/C23H36ClN3O3/c1-2-25-22(26-11-5-12-29-16-19-8-13-30-17-19)27-18-23(9-14-28-15-10-23)20-6-3-4-7-21(20)24/h3-4,6-7,19H,2,5,8-18H2,1H3,(H2,25,26,27). The van der Waals surface area contributed by atoms with Crippen molar-refractivity contribution in [2.45, 2.75) is 38.0 Å². The SMILES string of the molecule is CCNC(=NCC1(c2ccccc2Cl)CCOCC1)NCCCOCC1CCOC1. The molecule has 0 radical (unpaired) electrons. The van der Waals surface area contributed by atoms with Crippen molar-refractivity contribution in [2.75, 3.05) is 59.3 Å². The first-order valence-corrected chi connectivity index (χ1v) is 11.6. The fraction of sp³-hybridized carbons (Fsp3) is 0.696. The lowest BCUT2D eigenvalue weighted by Crippen LogP contribution is -2.41. The minimum atomic E-state index is -0.0780. The molecule has 3 rings (SSSR count). The number of nitrogens with one attached hydrogen (secondary N) is 2. The molecule has 2 fully saturated rings. The Morgan fingerprint density at radius 1 is 1.20 bits per heavy atom. The number of nitrogens with zero attached hydrogens (tertiary/aromatic N) is 1. The molecule has 168 valence electrons. The second-order valence-electron chi connectivity index (χ2n) is 8.15. The topological polar surface area (TPSA) is 64.1 Å². The molecule has 2 saturated heterocycles. The maximum atomic E-state index is 6.56. The summed E-state index contributed by atoms with van der Waals surface area (Å²) in [4.78, 5) is 4.93. The Labute approximate surface area is 185 Å². The number of ether oxygens (including phenoxy) is 3. The molecule has 2 heterocycles. The fourth-order valence-corrected chi connectivity index (χ4v) is 4.42. The summed E-state index contributed by atoms with van der Waals surface area (Å²) < 4.78 is 16.8. The Bertz CT molecular complexity index is 659. The van der Waals surface area contributed by atoms with Gasteiger partial charge in [-0.3, -0.25) is 4.99 Å². The summed E-state index contributed by atoms with van der Waals surface area (Å²) >= 11 is 6.56. The molecule has 2 N–H and O–H groups in total. The van der Waals surface area contributed by atoms with E-state index in [0.717, 1.165) is 89.4 Å². The molecule has 2 aliphatic rings. The van der Waals surface area contributed by atoms with Crippen molar-refractivity contribution in [3.8, 4) is 0 Å². The van der Waals surface area contributed by atoms with Crippen LogP contribution in [0.3, 0.4) is 0 Å². The third-order valence-electron chi connectivity index (χ3n) is 5.91. The molecule has 0 aliphatic carbocycles. The van der Waals surface area contributed by atoms with Gasteiger partial charge < -0.3 is 24.8 Å². The first-order valence-electron chi connectivity index (χ1n) is 11.2. The monoisotopic (exact) mass is 437 g/mol. The number of aliphatic imine (C=N–C) groups is 1. The summed E-state index contributed by atoms with van der Waals surface area (Å²) in [5.41, 5.74) is 1.10. The number of benzene rings is 1. The summed E-state index contributed by atoms with van der Waals surface area (Å²) in [5.74, 6) is 1.41. The quantitative estimate of drug-likeness (QED) is 0.333. The van der Waals surface area contributed by atoms with Crippen molar-refractivity contribution in [2.24, 2.45) is 10.9 Å². The van der Waals surface area contributed by atoms with Crippen molar-refractivity contribution in [3.05, 3.63) is 34.9 Å². The lowest BCUT2D eigenvalue weighted by Gasteiger charge is -2.37. The average Bonchev–Trinajstić information content (AvgIpc) is 3.29. The van der Waals surface area contributed by atoms with E-state index in [2.05, 4.69) is 29.7 Å². The van der Waals surface area contributed by atoms with Gasteiger partial charge in [0.15, 0.2) is 5.96 Å². The van der Waals surface area contributed by atoms with Crippen LogP contribution < -0.4 is 10.6 Å². The molecule has 2 aliphatic heterocycles. The lowest BCUT2D eigenvalue weighted by atomic mass is 9.74. The van der Waals surface area contributed by atoms with Crippen molar-refractivity contribution >= 4 is 17.6 Å². The van der Waals surface area contributed by atoms with Crippen LogP contribution in [0.2, 0.25) is 5.02 Å². The normalized spacial score (nSPS) is 21.5. The molecule has 7 heteroatoms. The van der Waals surface area contributed by atoms with Crippen LogP contribution in [-0.4, -0.2) is 65.2 Å². The molecule has 6 nitrogen and oxygen atoms in total. The molecule has 1 unspecified atom stereocenters. The molecule has 1 atom stereocenters. The van der Waals surface area contributed by atoms with Crippen molar-refractivity contribution in [3.63, 3.8) is 0 Å². The van der Waals surface area contributed by atoms with E-state index in [9.17, 15) is 0 Å². The van der Waals surface area contributed by atoms with Crippen LogP contribution in [0.15, 0.2) is 29.3 Å². The van der Waals surface area contributed by atoms with Gasteiger partial charge in [0.25, 0.3) is 0 Å². The summed E-state index contributed by atoms with van der Waals surface area (Å²) in [5, 5.41) is 7.62. The van der Waals surface area contributed by atoms with E-state index in [4.69, 9.17) is 30.8 Å². The van der Waals surface area contributed by atoms with Crippen LogP contribution in [-0.2, 0) is 19.6 Å². The summed E-state index contributed by atoms with van der Waals surface area (Å²) in [6.07, 6.45) is 3.92. The van der Waals surface area contributed by atoms with Crippen LogP contribution in [0.4, 0.5) is 0 Å². The van der Waals surface area contributed by atoms with Gasteiger partial charge in [0.2, 0.25) is 0 Å². The number of guanidine groups is 1. The highest BCUT2D eigenvalue weighted by Crippen LogP contribution is 2.38. The number of halogens is 1. The van der Waals surface area contributed by atoms with Crippen molar-refractivity contribution in [1.29, 1.82) is 0 Å². The van der Waals surface area contributed by atoms with Gasteiger partial charge in [0.1, 0.15) is 0 Å². The van der Waals surface area contributed by atoms with Crippen LogP contribution >= 0.6 is 11.6 Å². The highest BCUT2D eigenvalue weighted by molar-refractivity contribution is 6.31. The number of hydrogen-bond acceptors (Lipinski definition) is 4. The van der Waals surface area contributed by atoms with Gasteiger partial charge in [-0.25, -0.2) is 0 Å². The largest absolute Gasteiger partial charge is 0.381 e. The summed E-state index contributed by atoms with van der Waals surface area (Å²) in [7, 11) is 0. The molecular weight excluding hydrogens is 402 g/mol. The molecule has 1 aromatic rings. The second-order valence-corrected chi connectivity index (χ2v) is 8.56. The Kier molecular flexibility index (Phi) is 9.72. The van der Waals surface area contributed by atoms with Gasteiger partial charge >= 0.3 is 0 Å². The Morgan fingerprint density at radius 3 is 2.77 bits per heavy atom. The molecular formula is C23H36ClN3O3. The lowest BCUT2D eigenvalue weighted by molar-refractivity contribution is 0.0531. The van der Waals surface area contributed by atoms with E-state index >= 15 is 0 Å². The summed E-state index contributed by atoms with van der Waals surface area (Å²) in [6.45, 7) is 9.19. The van der Waals surface area contributed by atoms with E-state index in [1.807, 2.05) is 12.1 Å². The minimum Gasteiger partial charge on any atom is -0.381 e. The number of rotatable bonds is 10. The Morgan fingerprint density at radius 2 is 2.03 bits per heavy atom. The Hall–Kier alpha value is -1.34. The van der Waals surface area contributed by atoms with Crippen LogP contribution in [0.1, 0.15) is 38.2 Å². The first kappa shape index (κ1) is 23.3. The van der Waals surface area contributed by atoms with Gasteiger partial charge in [0.05, 0.1) is 19.8 Å². The zero-order valence-electron chi connectivity index (χ0n) is 18.1. The zero-order chi connectivity index (χ0) is 21.1. The van der Waals surface area contributed by atoms with Crippen LogP contribution in [0.25, 0.3) is 0 Å². The third kappa shape index (κ3) is 6.84.